The minimum absolute atomic E-state index is 0.0407. The lowest BCUT2D eigenvalue weighted by molar-refractivity contribution is 0.356. The zero-order chi connectivity index (χ0) is 14.2. The van der Waals surface area contributed by atoms with Gasteiger partial charge in [0.25, 0.3) is 0 Å². The number of phenolic OH excluding ortho intramolecular Hbond substituents is 1. The number of phenols is 1. The average Bonchev–Trinajstić information content (AvgIpc) is 3.12. The van der Waals surface area contributed by atoms with E-state index in [-0.39, 0.29) is 23.2 Å². The summed E-state index contributed by atoms with van der Waals surface area (Å²) in [6.07, 6.45) is 3.28. The fraction of sp³-hybridized carbons (Fsp3) is 0.286. The van der Waals surface area contributed by atoms with Crippen molar-refractivity contribution in [3.8, 4) is 5.75 Å². The van der Waals surface area contributed by atoms with E-state index in [1.54, 1.807) is 12.1 Å². The van der Waals surface area contributed by atoms with E-state index in [1.807, 2.05) is 0 Å². The van der Waals surface area contributed by atoms with Gasteiger partial charge in [0.1, 0.15) is 11.5 Å². The molecule has 1 saturated carbocycles. The van der Waals surface area contributed by atoms with Gasteiger partial charge in [0.15, 0.2) is 0 Å². The van der Waals surface area contributed by atoms with Crippen LogP contribution in [0.4, 0.5) is 0 Å². The van der Waals surface area contributed by atoms with E-state index in [9.17, 15) is 13.5 Å². The molecular weight excluding hydrogens is 278 g/mol. The van der Waals surface area contributed by atoms with Crippen LogP contribution in [0.1, 0.15) is 18.6 Å². The van der Waals surface area contributed by atoms with Crippen LogP contribution in [-0.4, -0.2) is 23.9 Å². The van der Waals surface area contributed by atoms with Crippen molar-refractivity contribution in [3.05, 3.63) is 48.4 Å². The molecule has 0 saturated heterocycles. The maximum atomic E-state index is 12.7. The molecule has 1 N–H and O–H groups in total. The number of nitrogens with zero attached hydrogens (tertiary/aromatic N) is 1. The monoisotopic (exact) mass is 293 g/mol. The third-order valence-corrected chi connectivity index (χ3v) is 5.20. The molecule has 0 amide bonds. The summed E-state index contributed by atoms with van der Waals surface area (Å²) < 4.78 is 32.0. The Morgan fingerprint density at radius 2 is 1.90 bits per heavy atom. The smallest absolute Gasteiger partial charge is 0.243 e. The number of benzene rings is 1. The molecule has 1 fully saturated rings. The number of sulfonamides is 1. The van der Waals surface area contributed by atoms with E-state index in [4.69, 9.17) is 4.42 Å². The molecule has 1 aromatic heterocycles. The molecule has 0 atom stereocenters. The fourth-order valence-corrected chi connectivity index (χ4v) is 3.73. The van der Waals surface area contributed by atoms with E-state index in [2.05, 4.69) is 0 Å². The first-order valence-corrected chi connectivity index (χ1v) is 7.84. The van der Waals surface area contributed by atoms with Crippen molar-refractivity contribution >= 4 is 10.0 Å². The summed E-state index contributed by atoms with van der Waals surface area (Å²) >= 11 is 0. The third kappa shape index (κ3) is 2.57. The minimum Gasteiger partial charge on any atom is -0.508 e. The second kappa shape index (κ2) is 4.96. The normalized spacial score (nSPS) is 15.7. The average molecular weight is 293 g/mol. The van der Waals surface area contributed by atoms with Crippen LogP contribution in [0, 0.1) is 0 Å². The molecule has 1 aliphatic carbocycles. The lowest BCUT2D eigenvalue weighted by Crippen LogP contribution is -2.32. The standard InChI is InChI=1S/C14H15NO4S/c16-12-5-7-14(8-6-12)20(17,18)15(11-3-4-11)10-13-2-1-9-19-13/h1-2,5-9,11,16H,3-4,10H2. The van der Waals surface area contributed by atoms with Crippen molar-refractivity contribution in [1.82, 2.24) is 4.31 Å². The van der Waals surface area contributed by atoms with Crippen LogP contribution >= 0.6 is 0 Å². The molecule has 0 aliphatic heterocycles. The topological polar surface area (TPSA) is 70.8 Å². The van der Waals surface area contributed by atoms with E-state index in [1.165, 1.54) is 34.8 Å². The van der Waals surface area contributed by atoms with Crippen LogP contribution in [0.5, 0.6) is 5.75 Å². The molecule has 0 bridgehead atoms. The summed E-state index contributed by atoms with van der Waals surface area (Å²) in [5, 5.41) is 9.27. The summed E-state index contributed by atoms with van der Waals surface area (Å²) in [5.74, 6) is 0.673. The van der Waals surface area contributed by atoms with Gasteiger partial charge in [-0.05, 0) is 49.2 Å². The van der Waals surface area contributed by atoms with Gasteiger partial charge in [-0.2, -0.15) is 4.31 Å². The quantitative estimate of drug-likeness (QED) is 0.918. The molecule has 0 unspecified atom stereocenters. The Hall–Kier alpha value is -1.79. The van der Waals surface area contributed by atoms with Crippen LogP contribution in [0.3, 0.4) is 0 Å². The molecule has 1 aromatic carbocycles. The van der Waals surface area contributed by atoms with Gasteiger partial charge >= 0.3 is 0 Å². The number of furan rings is 1. The summed E-state index contributed by atoms with van der Waals surface area (Å²) in [6, 6.07) is 9.15. The maximum absolute atomic E-state index is 12.7. The Bertz CT molecular complexity index is 672. The number of rotatable bonds is 5. The molecule has 106 valence electrons. The summed E-state index contributed by atoms with van der Waals surface area (Å²) in [7, 11) is -3.57. The first kappa shape index (κ1) is 13.2. The zero-order valence-corrected chi connectivity index (χ0v) is 11.6. The summed E-state index contributed by atoms with van der Waals surface area (Å²) in [6.45, 7) is 0.237. The van der Waals surface area contributed by atoms with Crippen molar-refractivity contribution in [1.29, 1.82) is 0 Å². The Morgan fingerprint density at radius 1 is 1.20 bits per heavy atom. The lowest BCUT2D eigenvalue weighted by atomic mass is 10.3. The van der Waals surface area contributed by atoms with E-state index in [0.29, 0.717) is 5.76 Å². The number of hydrogen-bond donors (Lipinski definition) is 1. The highest BCUT2D eigenvalue weighted by atomic mass is 32.2. The van der Waals surface area contributed by atoms with Gasteiger partial charge in [-0.3, -0.25) is 0 Å². The van der Waals surface area contributed by atoms with Crippen LogP contribution in [0.2, 0.25) is 0 Å². The Morgan fingerprint density at radius 3 is 2.45 bits per heavy atom. The minimum atomic E-state index is -3.57. The highest BCUT2D eigenvalue weighted by Crippen LogP contribution is 2.33. The van der Waals surface area contributed by atoms with Crippen LogP contribution in [0.25, 0.3) is 0 Å². The molecule has 2 aromatic rings. The maximum Gasteiger partial charge on any atom is 0.243 e. The highest BCUT2D eigenvalue weighted by Gasteiger charge is 2.38. The van der Waals surface area contributed by atoms with E-state index in [0.717, 1.165) is 12.8 Å². The molecule has 3 rings (SSSR count). The van der Waals surface area contributed by atoms with Gasteiger partial charge in [-0.15, -0.1) is 0 Å². The van der Waals surface area contributed by atoms with Gasteiger partial charge < -0.3 is 9.52 Å². The predicted molar refractivity (Wildman–Crippen MR) is 72.6 cm³/mol. The Balaban J connectivity index is 1.91. The fourth-order valence-electron chi connectivity index (χ4n) is 2.08. The first-order valence-electron chi connectivity index (χ1n) is 6.40. The summed E-state index contributed by atoms with van der Waals surface area (Å²) in [5.41, 5.74) is 0. The third-order valence-electron chi connectivity index (χ3n) is 3.29. The van der Waals surface area contributed by atoms with Gasteiger partial charge in [0, 0.05) is 6.04 Å². The van der Waals surface area contributed by atoms with Gasteiger partial charge in [0.05, 0.1) is 17.7 Å². The molecule has 1 heterocycles. The van der Waals surface area contributed by atoms with Crippen LogP contribution in [0.15, 0.2) is 52.0 Å². The number of hydrogen-bond acceptors (Lipinski definition) is 4. The van der Waals surface area contributed by atoms with Crippen molar-refractivity contribution < 1.29 is 17.9 Å². The van der Waals surface area contributed by atoms with E-state index >= 15 is 0 Å². The largest absolute Gasteiger partial charge is 0.508 e. The van der Waals surface area contributed by atoms with Gasteiger partial charge in [0.2, 0.25) is 10.0 Å². The zero-order valence-electron chi connectivity index (χ0n) is 10.8. The highest BCUT2D eigenvalue weighted by molar-refractivity contribution is 7.89. The second-order valence-electron chi connectivity index (χ2n) is 4.85. The van der Waals surface area contributed by atoms with Crippen LogP contribution < -0.4 is 0 Å². The molecule has 1 aliphatic rings. The number of aromatic hydroxyl groups is 1. The molecule has 0 radical (unpaired) electrons. The molecule has 0 spiro atoms. The Labute approximate surface area is 117 Å². The molecular formula is C14H15NO4S. The van der Waals surface area contributed by atoms with Crippen LogP contribution in [-0.2, 0) is 16.6 Å². The SMILES string of the molecule is O=S(=O)(c1ccc(O)cc1)N(Cc1ccco1)C1CC1. The Kier molecular flexibility index (Phi) is 3.27. The predicted octanol–water partition coefficient (Wildman–Crippen LogP) is 2.34. The van der Waals surface area contributed by atoms with Crippen molar-refractivity contribution in [2.24, 2.45) is 0 Å². The van der Waals surface area contributed by atoms with Crippen molar-refractivity contribution in [3.63, 3.8) is 0 Å². The first-order chi connectivity index (χ1) is 9.57. The van der Waals surface area contributed by atoms with E-state index < -0.39 is 10.0 Å². The molecule has 20 heavy (non-hydrogen) atoms. The molecule has 6 heteroatoms. The van der Waals surface area contributed by atoms with Crippen molar-refractivity contribution in [2.45, 2.75) is 30.3 Å². The van der Waals surface area contributed by atoms with Gasteiger partial charge in [-0.25, -0.2) is 8.42 Å². The van der Waals surface area contributed by atoms with Gasteiger partial charge in [-0.1, -0.05) is 0 Å². The molecule has 5 nitrogen and oxygen atoms in total. The summed E-state index contributed by atoms with van der Waals surface area (Å²) in [4.78, 5) is 0.189. The van der Waals surface area contributed by atoms with Crippen molar-refractivity contribution in [2.75, 3.05) is 0 Å². The lowest BCUT2D eigenvalue weighted by Gasteiger charge is -2.20. The second-order valence-corrected chi connectivity index (χ2v) is 6.75.